The van der Waals surface area contributed by atoms with E-state index in [9.17, 15) is 15.0 Å². The maximum atomic E-state index is 10.5. The number of aliphatic hydroxyl groups excluding tert-OH is 1. The van der Waals surface area contributed by atoms with E-state index in [1.54, 1.807) is 6.08 Å². The molecular weight excluding hydrogens is 167 g/mol. The molecule has 60 valence electrons. The predicted molar refractivity (Wildman–Crippen MR) is 35.2 cm³/mol. The molecule has 0 unspecified atom stereocenters. The fourth-order valence-corrected chi connectivity index (χ4v) is 2.08. The molecule has 1 fully saturated rings. The number of rotatable bonds is 1. The molecule has 1 N–H and O–H groups in total. The zero-order chi connectivity index (χ0) is 8.01. The second-order valence-electron chi connectivity index (χ2n) is 3.28. The van der Waals surface area contributed by atoms with Gasteiger partial charge in [0.25, 0.3) is 0 Å². The average molecular weight is 176 g/mol. The summed E-state index contributed by atoms with van der Waals surface area (Å²) >= 11 is 0. The molecule has 0 aromatic rings. The van der Waals surface area contributed by atoms with Crippen LogP contribution in [0, 0.1) is 17.8 Å². The van der Waals surface area contributed by atoms with E-state index in [0.29, 0.717) is 6.42 Å². The zero-order valence-corrected chi connectivity index (χ0v) is 8.93. The Labute approximate surface area is 92.8 Å². The van der Waals surface area contributed by atoms with Crippen LogP contribution in [0.2, 0.25) is 0 Å². The standard InChI is InChI=1S/C8H10O3.Na/c9-7-4-1-2-5(7)6(3-4)8(10)11;/h1-2,4-7,9H,3H2,(H,10,11);/q;+1/p-1/t4-,5+,6+,7+;/m1./s1. The maximum absolute atomic E-state index is 10.5. The summed E-state index contributed by atoms with van der Waals surface area (Å²) in [6.45, 7) is 0. The first-order chi connectivity index (χ1) is 5.20. The monoisotopic (exact) mass is 176 g/mol. The third-order valence-corrected chi connectivity index (χ3v) is 2.71. The van der Waals surface area contributed by atoms with Crippen LogP contribution < -0.4 is 34.7 Å². The normalized spacial score (nSPS) is 42.8. The van der Waals surface area contributed by atoms with Crippen molar-refractivity contribution in [2.75, 3.05) is 0 Å². The van der Waals surface area contributed by atoms with Crippen molar-refractivity contribution in [1.29, 1.82) is 0 Å². The molecule has 0 aromatic heterocycles. The van der Waals surface area contributed by atoms with Gasteiger partial charge in [0.1, 0.15) is 0 Å². The van der Waals surface area contributed by atoms with Crippen LogP contribution >= 0.6 is 0 Å². The number of hydrogen-bond acceptors (Lipinski definition) is 3. The van der Waals surface area contributed by atoms with Gasteiger partial charge in [0.2, 0.25) is 0 Å². The van der Waals surface area contributed by atoms with Gasteiger partial charge in [-0.05, 0) is 6.42 Å². The molecule has 4 heteroatoms. The molecule has 4 atom stereocenters. The molecular formula is C8H9NaO3. The van der Waals surface area contributed by atoms with Crippen LogP contribution in [0.1, 0.15) is 6.42 Å². The summed E-state index contributed by atoms with van der Waals surface area (Å²) < 4.78 is 0. The minimum Gasteiger partial charge on any atom is -0.550 e. The molecule has 0 aliphatic heterocycles. The van der Waals surface area contributed by atoms with Gasteiger partial charge < -0.3 is 15.0 Å². The third-order valence-electron chi connectivity index (χ3n) is 2.71. The van der Waals surface area contributed by atoms with E-state index in [0.717, 1.165) is 0 Å². The van der Waals surface area contributed by atoms with Crippen LogP contribution in [0.5, 0.6) is 0 Å². The summed E-state index contributed by atoms with van der Waals surface area (Å²) in [5.74, 6) is -1.62. The van der Waals surface area contributed by atoms with E-state index in [4.69, 9.17) is 0 Å². The molecule has 12 heavy (non-hydrogen) atoms. The van der Waals surface area contributed by atoms with Gasteiger partial charge in [0, 0.05) is 23.7 Å². The summed E-state index contributed by atoms with van der Waals surface area (Å²) in [5, 5.41) is 19.9. The fourth-order valence-electron chi connectivity index (χ4n) is 2.08. The molecule has 2 bridgehead atoms. The Morgan fingerprint density at radius 3 is 2.42 bits per heavy atom. The predicted octanol–water partition coefficient (Wildman–Crippen LogP) is -4.08. The van der Waals surface area contributed by atoms with Crippen molar-refractivity contribution in [1.82, 2.24) is 0 Å². The largest absolute Gasteiger partial charge is 1.00 e. The summed E-state index contributed by atoms with van der Waals surface area (Å²) in [5.41, 5.74) is 0. The molecule has 2 aliphatic rings. The van der Waals surface area contributed by atoms with Gasteiger partial charge in [-0.2, -0.15) is 0 Å². The minimum atomic E-state index is -1.03. The minimum absolute atomic E-state index is 0. The quantitative estimate of drug-likeness (QED) is 0.326. The van der Waals surface area contributed by atoms with Crippen molar-refractivity contribution in [2.45, 2.75) is 12.5 Å². The Morgan fingerprint density at radius 2 is 2.17 bits per heavy atom. The Morgan fingerprint density at radius 1 is 1.50 bits per heavy atom. The van der Waals surface area contributed by atoms with Crippen LogP contribution in [-0.4, -0.2) is 17.2 Å². The van der Waals surface area contributed by atoms with Crippen LogP contribution in [0.25, 0.3) is 0 Å². The van der Waals surface area contributed by atoms with E-state index in [1.165, 1.54) is 0 Å². The molecule has 0 spiro atoms. The van der Waals surface area contributed by atoms with E-state index in [-0.39, 0.29) is 41.4 Å². The van der Waals surface area contributed by atoms with E-state index in [1.807, 2.05) is 6.08 Å². The topological polar surface area (TPSA) is 60.4 Å². The van der Waals surface area contributed by atoms with Gasteiger partial charge in [0.15, 0.2) is 0 Å². The summed E-state index contributed by atoms with van der Waals surface area (Å²) in [6, 6.07) is 0. The Bertz CT molecular complexity index is 226. The Hall–Kier alpha value is 0.170. The zero-order valence-electron chi connectivity index (χ0n) is 6.93. The Kier molecular flexibility index (Phi) is 2.99. The van der Waals surface area contributed by atoms with E-state index in [2.05, 4.69) is 0 Å². The molecule has 3 nitrogen and oxygen atoms in total. The van der Waals surface area contributed by atoms with Crippen LogP contribution in [0.3, 0.4) is 0 Å². The molecule has 2 rings (SSSR count). The third kappa shape index (κ3) is 1.35. The number of carbonyl (C=O) groups excluding carboxylic acids is 1. The maximum Gasteiger partial charge on any atom is 1.00 e. The van der Waals surface area contributed by atoms with Gasteiger partial charge in [-0.15, -0.1) is 0 Å². The van der Waals surface area contributed by atoms with Crippen molar-refractivity contribution < 1.29 is 44.6 Å². The van der Waals surface area contributed by atoms with Crippen molar-refractivity contribution in [3.63, 3.8) is 0 Å². The summed E-state index contributed by atoms with van der Waals surface area (Å²) in [4.78, 5) is 10.5. The second kappa shape index (κ2) is 3.50. The van der Waals surface area contributed by atoms with Crippen molar-refractivity contribution in [2.24, 2.45) is 17.8 Å². The number of hydrogen-bond donors (Lipinski definition) is 1. The van der Waals surface area contributed by atoms with Crippen LogP contribution in [0.15, 0.2) is 12.2 Å². The fraction of sp³-hybridized carbons (Fsp3) is 0.625. The molecule has 1 saturated carbocycles. The van der Waals surface area contributed by atoms with Gasteiger partial charge in [0.05, 0.1) is 6.10 Å². The van der Waals surface area contributed by atoms with Crippen molar-refractivity contribution in [3.05, 3.63) is 12.2 Å². The average Bonchev–Trinajstić information content (AvgIpc) is 2.46. The van der Waals surface area contributed by atoms with Crippen molar-refractivity contribution >= 4 is 5.97 Å². The molecule has 0 heterocycles. The number of carboxylic acid groups (broad SMARTS) is 1. The molecule has 0 saturated heterocycles. The molecule has 2 aliphatic carbocycles. The van der Waals surface area contributed by atoms with E-state index < -0.39 is 18.0 Å². The number of fused-ring (bicyclic) bond motifs is 2. The molecule has 0 aromatic carbocycles. The van der Waals surface area contributed by atoms with Gasteiger partial charge in [-0.25, -0.2) is 0 Å². The summed E-state index contributed by atoms with van der Waals surface area (Å²) in [7, 11) is 0. The first-order valence-electron chi connectivity index (χ1n) is 3.77. The first kappa shape index (κ1) is 10.3. The summed E-state index contributed by atoms with van der Waals surface area (Å²) in [6.07, 6.45) is 3.76. The van der Waals surface area contributed by atoms with E-state index >= 15 is 0 Å². The van der Waals surface area contributed by atoms with Gasteiger partial charge >= 0.3 is 29.6 Å². The number of carbonyl (C=O) groups is 1. The number of aliphatic carboxylic acids is 1. The smallest absolute Gasteiger partial charge is 0.550 e. The first-order valence-corrected chi connectivity index (χ1v) is 3.77. The SMILES string of the molecule is O=C([O-])[C@H]1C[C@H]2C=C[C@@H]1[C@H]2O.[Na+]. The molecule has 0 radical (unpaired) electrons. The molecule has 0 amide bonds. The van der Waals surface area contributed by atoms with Gasteiger partial charge in [-0.3, -0.25) is 0 Å². The second-order valence-corrected chi connectivity index (χ2v) is 3.28. The number of carboxylic acids is 1. The van der Waals surface area contributed by atoms with Crippen molar-refractivity contribution in [3.8, 4) is 0 Å². The van der Waals surface area contributed by atoms with Crippen LogP contribution in [0.4, 0.5) is 0 Å². The van der Waals surface area contributed by atoms with Crippen LogP contribution in [-0.2, 0) is 4.79 Å². The van der Waals surface area contributed by atoms with Gasteiger partial charge in [-0.1, -0.05) is 12.2 Å². The Balaban J connectivity index is 0.000000720. The number of aliphatic hydroxyl groups is 1.